The van der Waals surface area contributed by atoms with Gasteiger partial charge < -0.3 is 14.2 Å². The Bertz CT molecular complexity index is 1330. The second kappa shape index (κ2) is 9.64. The third kappa shape index (κ3) is 4.38. The Balaban J connectivity index is 1.68. The zero-order valence-electron chi connectivity index (χ0n) is 19.6. The van der Waals surface area contributed by atoms with Crippen molar-refractivity contribution in [1.82, 2.24) is 28.5 Å². The van der Waals surface area contributed by atoms with E-state index >= 15 is 0 Å². The van der Waals surface area contributed by atoms with Gasteiger partial charge in [0.15, 0.2) is 16.9 Å². The Hall–Kier alpha value is -3.73. The van der Waals surface area contributed by atoms with Gasteiger partial charge in [-0.1, -0.05) is 30.3 Å². The van der Waals surface area contributed by atoms with Crippen LogP contribution in [0.5, 0.6) is 0 Å². The van der Waals surface area contributed by atoms with Crippen LogP contribution in [-0.4, -0.2) is 73.1 Å². The highest BCUT2D eigenvalue weighted by atomic mass is 16.6. The Kier molecular flexibility index (Phi) is 6.64. The van der Waals surface area contributed by atoms with E-state index in [1.165, 1.54) is 11.6 Å². The molecule has 3 heterocycles. The lowest BCUT2D eigenvalue weighted by Gasteiger charge is -2.33. The maximum Gasteiger partial charge on any atom is 0.409 e. The first kappa shape index (κ1) is 23.4. The van der Waals surface area contributed by atoms with Crippen molar-refractivity contribution < 1.29 is 14.3 Å². The summed E-state index contributed by atoms with van der Waals surface area (Å²) in [5, 5.41) is 0. The molecule has 0 aliphatic carbocycles. The smallest absolute Gasteiger partial charge is 0.409 e. The van der Waals surface area contributed by atoms with Crippen molar-refractivity contribution in [2.24, 2.45) is 14.1 Å². The van der Waals surface area contributed by atoms with Gasteiger partial charge in [0.2, 0.25) is 0 Å². The number of imidazole rings is 1. The number of hydrogen-bond donors (Lipinski definition) is 0. The van der Waals surface area contributed by atoms with Gasteiger partial charge in [0.25, 0.3) is 5.56 Å². The fourth-order valence-electron chi connectivity index (χ4n) is 4.14. The van der Waals surface area contributed by atoms with E-state index in [0.29, 0.717) is 50.7 Å². The maximum atomic E-state index is 13.0. The van der Waals surface area contributed by atoms with Crippen LogP contribution >= 0.6 is 0 Å². The molecule has 180 valence electrons. The lowest BCUT2D eigenvalue weighted by molar-refractivity contribution is 0.0766. The number of carbonyl (C=O) groups is 2. The molecule has 3 aromatic rings. The average Bonchev–Trinajstić information content (AvgIpc) is 3.20. The highest BCUT2D eigenvalue weighted by molar-refractivity contribution is 5.96. The lowest BCUT2D eigenvalue weighted by Crippen LogP contribution is -2.48. The average molecular weight is 469 g/mol. The van der Waals surface area contributed by atoms with Gasteiger partial charge >= 0.3 is 11.8 Å². The molecule has 11 nitrogen and oxygen atoms in total. The molecule has 1 aliphatic heterocycles. The third-order valence-corrected chi connectivity index (χ3v) is 6.09. The van der Waals surface area contributed by atoms with Crippen molar-refractivity contribution in [3.63, 3.8) is 0 Å². The van der Waals surface area contributed by atoms with Gasteiger partial charge in [-0.3, -0.25) is 23.6 Å². The molecule has 0 N–H and O–H groups in total. The van der Waals surface area contributed by atoms with Crippen molar-refractivity contribution in [3.8, 4) is 0 Å². The van der Waals surface area contributed by atoms with Gasteiger partial charge in [0, 0.05) is 45.8 Å². The van der Waals surface area contributed by atoms with Crippen LogP contribution in [0.1, 0.15) is 23.1 Å². The van der Waals surface area contributed by atoms with Gasteiger partial charge in [-0.25, -0.2) is 14.6 Å². The number of rotatable bonds is 6. The van der Waals surface area contributed by atoms with Crippen LogP contribution in [0.15, 0.2) is 39.9 Å². The number of piperazine rings is 1. The van der Waals surface area contributed by atoms with E-state index in [9.17, 15) is 19.2 Å². The number of nitrogens with zero attached hydrogens (tertiary/aromatic N) is 6. The number of ether oxygens (including phenoxy) is 1. The molecule has 1 aromatic carbocycles. The summed E-state index contributed by atoms with van der Waals surface area (Å²) in [6.45, 7) is 4.57. The summed E-state index contributed by atoms with van der Waals surface area (Å²) < 4.78 is 9.03. The predicted molar refractivity (Wildman–Crippen MR) is 125 cm³/mol. The van der Waals surface area contributed by atoms with Gasteiger partial charge in [0.1, 0.15) is 5.82 Å². The minimum absolute atomic E-state index is 0.0773. The van der Waals surface area contributed by atoms with Crippen LogP contribution in [0.25, 0.3) is 11.2 Å². The van der Waals surface area contributed by atoms with Crippen molar-refractivity contribution >= 4 is 23.0 Å². The SMILES string of the molecule is CCOC(=O)N1CCN(Cc2nc3c(c(=O)n(C)c(=O)n3C)n2CC(=O)c2ccccc2)CC1. The monoisotopic (exact) mass is 468 g/mol. The van der Waals surface area contributed by atoms with Crippen LogP contribution in [0.2, 0.25) is 0 Å². The summed E-state index contributed by atoms with van der Waals surface area (Å²) in [5.74, 6) is 0.353. The number of carbonyl (C=O) groups excluding carboxylic acids is 2. The van der Waals surface area contributed by atoms with Gasteiger partial charge in [0.05, 0.1) is 19.7 Å². The molecular weight excluding hydrogens is 440 g/mol. The Morgan fingerprint density at radius 1 is 1.00 bits per heavy atom. The number of aromatic nitrogens is 4. The Morgan fingerprint density at radius 2 is 1.68 bits per heavy atom. The molecule has 0 spiro atoms. The van der Waals surface area contributed by atoms with Crippen LogP contribution < -0.4 is 11.2 Å². The molecule has 1 fully saturated rings. The quantitative estimate of drug-likeness (QED) is 0.487. The molecule has 1 amide bonds. The molecule has 0 bridgehead atoms. The minimum atomic E-state index is -0.496. The summed E-state index contributed by atoms with van der Waals surface area (Å²) >= 11 is 0. The largest absolute Gasteiger partial charge is 0.450 e. The molecule has 1 aliphatic rings. The van der Waals surface area contributed by atoms with Gasteiger partial charge in [-0.05, 0) is 6.92 Å². The van der Waals surface area contributed by atoms with Crippen LogP contribution in [0.4, 0.5) is 4.79 Å². The summed E-state index contributed by atoms with van der Waals surface area (Å²) in [6, 6.07) is 8.85. The van der Waals surface area contributed by atoms with E-state index in [1.54, 1.807) is 47.7 Å². The summed E-state index contributed by atoms with van der Waals surface area (Å²) in [4.78, 5) is 58.9. The molecule has 2 aromatic heterocycles. The Labute approximate surface area is 195 Å². The number of hydrogen-bond acceptors (Lipinski definition) is 7. The number of aryl methyl sites for hydroxylation is 1. The molecular formula is C23H28N6O5. The van der Waals surface area contributed by atoms with E-state index in [-0.39, 0.29) is 29.6 Å². The maximum absolute atomic E-state index is 13.0. The highest BCUT2D eigenvalue weighted by Crippen LogP contribution is 2.16. The molecule has 34 heavy (non-hydrogen) atoms. The minimum Gasteiger partial charge on any atom is -0.450 e. The highest BCUT2D eigenvalue weighted by Gasteiger charge is 2.26. The van der Waals surface area contributed by atoms with Crippen molar-refractivity contribution in [1.29, 1.82) is 0 Å². The molecule has 11 heteroatoms. The molecule has 0 radical (unpaired) electrons. The zero-order valence-corrected chi connectivity index (χ0v) is 19.6. The van der Waals surface area contributed by atoms with Crippen molar-refractivity contribution in [3.05, 3.63) is 62.6 Å². The fourth-order valence-corrected chi connectivity index (χ4v) is 4.14. The first-order valence-corrected chi connectivity index (χ1v) is 11.2. The molecule has 1 saturated heterocycles. The van der Waals surface area contributed by atoms with Crippen LogP contribution in [-0.2, 0) is 31.9 Å². The number of fused-ring (bicyclic) bond motifs is 1. The zero-order chi connectivity index (χ0) is 24.4. The van der Waals surface area contributed by atoms with Crippen LogP contribution in [0.3, 0.4) is 0 Å². The summed E-state index contributed by atoms with van der Waals surface area (Å²) in [5.41, 5.74) is 0.0131. The predicted octanol–water partition coefficient (Wildman–Crippen LogP) is 0.591. The molecule has 0 unspecified atom stereocenters. The van der Waals surface area contributed by atoms with E-state index in [4.69, 9.17) is 4.74 Å². The van der Waals surface area contributed by atoms with E-state index in [1.807, 2.05) is 6.07 Å². The normalized spacial score (nSPS) is 14.5. The fraction of sp³-hybridized carbons (Fsp3) is 0.435. The van der Waals surface area contributed by atoms with Gasteiger partial charge in [-0.2, -0.15) is 0 Å². The number of amides is 1. The van der Waals surface area contributed by atoms with Gasteiger partial charge in [-0.15, -0.1) is 0 Å². The summed E-state index contributed by atoms with van der Waals surface area (Å²) in [6.07, 6.45) is -0.332. The van der Waals surface area contributed by atoms with Crippen LogP contribution in [0, 0.1) is 0 Å². The third-order valence-electron chi connectivity index (χ3n) is 6.09. The standard InChI is InChI=1S/C23H28N6O5/c1-4-34-23(33)28-12-10-27(11-13-28)15-18-24-20-19(21(31)26(3)22(32)25(20)2)29(18)14-17(30)16-8-6-5-7-9-16/h5-9H,4,10-15H2,1-3H3. The molecule has 0 atom stereocenters. The second-order valence-corrected chi connectivity index (χ2v) is 8.24. The Morgan fingerprint density at radius 3 is 2.32 bits per heavy atom. The topological polar surface area (TPSA) is 112 Å². The first-order valence-electron chi connectivity index (χ1n) is 11.2. The number of benzene rings is 1. The van der Waals surface area contributed by atoms with E-state index < -0.39 is 11.2 Å². The molecule has 0 saturated carbocycles. The van der Waals surface area contributed by atoms with E-state index in [2.05, 4.69) is 9.88 Å². The summed E-state index contributed by atoms with van der Waals surface area (Å²) in [7, 11) is 2.97. The lowest BCUT2D eigenvalue weighted by atomic mass is 10.1. The van der Waals surface area contributed by atoms with E-state index in [0.717, 1.165) is 4.57 Å². The second-order valence-electron chi connectivity index (χ2n) is 8.24. The molecule has 4 rings (SSSR count). The van der Waals surface area contributed by atoms with Crippen molar-refractivity contribution in [2.45, 2.75) is 20.0 Å². The number of ketones is 1. The first-order chi connectivity index (χ1) is 16.3. The van der Waals surface area contributed by atoms with Crippen molar-refractivity contribution in [2.75, 3.05) is 32.8 Å². The number of Topliss-reactive ketones (excluding diaryl/α,β-unsaturated/α-hetero) is 1.